The van der Waals surface area contributed by atoms with Crippen LogP contribution in [0.15, 0.2) is 101 Å². The van der Waals surface area contributed by atoms with Gasteiger partial charge in [0.2, 0.25) is 0 Å². The van der Waals surface area contributed by atoms with Crippen LogP contribution in [0, 0.1) is 0 Å². The number of hydrogen-bond donors (Lipinski definition) is 2. The highest BCUT2D eigenvalue weighted by Crippen LogP contribution is 2.16. The number of hydrogen-bond acceptors (Lipinski definition) is 5. The van der Waals surface area contributed by atoms with Gasteiger partial charge in [-0.05, 0) is 12.1 Å². The normalized spacial score (nSPS) is 12.0. The van der Waals surface area contributed by atoms with E-state index in [-0.39, 0.29) is 0 Å². The molecule has 0 radical (unpaired) electrons. The lowest BCUT2D eigenvalue weighted by Crippen LogP contribution is -2.35. The van der Waals surface area contributed by atoms with E-state index in [0.29, 0.717) is 24.5 Å². The molecule has 0 bridgehead atoms. The third-order valence-electron chi connectivity index (χ3n) is 4.26. The molecule has 3 rings (SSSR count). The predicted molar refractivity (Wildman–Crippen MR) is 108 cm³/mol. The molecular weight excluding hydrogens is 338 g/mol. The first-order chi connectivity index (χ1) is 13.3. The summed E-state index contributed by atoms with van der Waals surface area (Å²) in [5.74, 6) is 0. The van der Waals surface area contributed by atoms with Crippen molar-refractivity contribution >= 4 is 17.1 Å². The Morgan fingerprint density at radius 2 is 0.963 bits per heavy atom. The highest BCUT2D eigenvalue weighted by Gasteiger charge is 2.16. The molecule has 0 spiro atoms. The molecule has 0 heterocycles. The molecule has 5 nitrogen and oxygen atoms in total. The van der Waals surface area contributed by atoms with E-state index >= 15 is 0 Å². The standard InChI is InChI=1S/C22H21N3O2/c26-23-21(18-10-4-1-5-11-18)16-25(20-14-8-3-9-15-20)17-22(24-27)19-12-6-2-7-13-19/h1-15,26-27H,16-17H2/b23-21-,24-22-. The molecule has 0 aliphatic carbocycles. The van der Waals surface area contributed by atoms with Crippen molar-refractivity contribution in [3.8, 4) is 0 Å². The van der Waals surface area contributed by atoms with Crippen molar-refractivity contribution in [2.45, 2.75) is 0 Å². The van der Waals surface area contributed by atoms with Gasteiger partial charge < -0.3 is 15.3 Å². The fraction of sp³-hybridized carbons (Fsp3) is 0.0909. The van der Waals surface area contributed by atoms with Gasteiger partial charge in [-0.15, -0.1) is 0 Å². The molecule has 0 saturated carbocycles. The third-order valence-corrected chi connectivity index (χ3v) is 4.26. The Hall–Kier alpha value is -3.60. The second-order valence-electron chi connectivity index (χ2n) is 6.02. The fourth-order valence-corrected chi connectivity index (χ4v) is 2.86. The largest absolute Gasteiger partial charge is 0.411 e. The van der Waals surface area contributed by atoms with E-state index in [1.807, 2.05) is 95.9 Å². The highest BCUT2D eigenvalue weighted by atomic mass is 16.4. The fourth-order valence-electron chi connectivity index (χ4n) is 2.86. The van der Waals surface area contributed by atoms with Crippen molar-refractivity contribution < 1.29 is 10.4 Å². The van der Waals surface area contributed by atoms with Gasteiger partial charge in [0.1, 0.15) is 11.4 Å². The van der Waals surface area contributed by atoms with E-state index in [9.17, 15) is 10.4 Å². The van der Waals surface area contributed by atoms with Crippen LogP contribution in [0.1, 0.15) is 11.1 Å². The minimum atomic E-state index is 0.358. The quantitative estimate of drug-likeness (QED) is 0.376. The van der Waals surface area contributed by atoms with Crippen LogP contribution >= 0.6 is 0 Å². The monoisotopic (exact) mass is 359 g/mol. The minimum Gasteiger partial charge on any atom is -0.411 e. The van der Waals surface area contributed by atoms with Gasteiger partial charge in [-0.1, -0.05) is 89.2 Å². The summed E-state index contributed by atoms with van der Waals surface area (Å²) in [6, 6.07) is 28.8. The molecule has 2 N–H and O–H groups in total. The Labute approximate surface area is 158 Å². The maximum atomic E-state index is 9.57. The lowest BCUT2D eigenvalue weighted by Gasteiger charge is -2.25. The molecule has 0 atom stereocenters. The van der Waals surface area contributed by atoms with Crippen molar-refractivity contribution in [2.24, 2.45) is 10.3 Å². The van der Waals surface area contributed by atoms with E-state index in [1.54, 1.807) is 0 Å². The van der Waals surface area contributed by atoms with Gasteiger partial charge in [-0.3, -0.25) is 0 Å². The second-order valence-corrected chi connectivity index (χ2v) is 6.02. The van der Waals surface area contributed by atoms with E-state index in [2.05, 4.69) is 10.3 Å². The number of benzene rings is 3. The van der Waals surface area contributed by atoms with Crippen molar-refractivity contribution in [1.82, 2.24) is 0 Å². The Kier molecular flexibility index (Phi) is 6.20. The number of para-hydroxylation sites is 1. The van der Waals surface area contributed by atoms with Crippen LogP contribution in [-0.2, 0) is 0 Å². The average molecular weight is 359 g/mol. The lowest BCUT2D eigenvalue weighted by atomic mass is 10.1. The maximum absolute atomic E-state index is 9.57. The van der Waals surface area contributed by atoms with Crippen molar-refractivity contribution in [3.63, 3.8) is 0 Å². The zero-order valence-electron chi connectivity index (χ0n) is 14.8. The molecule has 27 heavy (non-hydrogen) atoms. The molecule has 3 aromatic carbocycles. The van der Waals surface area contributed by atoms with Crippen LogP contribution < -0.4 is 4.90 Å². The molecule has 0 saturated heterocycles. The summed E-state index contributed by atoms with van der Waals surface area (Å²) < 4.78 is 0. The first-order valence-electron chi connectivity index (χ1n) is 8.64. The Morgan fingerprint density at radius 1 is 0.593 bits per heavy atom. The van der Waals surface area contributed by atoms with Crippen LogP contribution in [0.5, 0.6) is 0 Å². The van der Waals surface area contributed by atoms with E-state index < -0.39 is 0 Å². The van der Waals surface area contributed by atoms with Gasteiger partial charge in [-0.25, -0.2) is 0 Å². The molecule has 0 amide bonds. The molecule has 0 fully saturated rings. The van der Waals surface area contributed by atoms with Crippen LogP contribution in [0.25, 0.3) is 0 Å². The molecule has 0 aliphatic rings. The number of rotatable bonds is 7. The molecule has 0 aliphatic heterocycles. The van der Waals surface area contributed by atoms with Crippen LogP contribution in [0.4, 0.5) is 5.69 Å². The first kappa shape index (κ1) is 18.2. The van der Waals surface area contributed by atoms with Crippen LogP contribution in [0.3, 0.4) is 0 Å². The molecule has 3 aromatic rings. The van der Waals surface area contributed by atoms with E-state index in [1.165, 1.54) is 0 Å². The topological polar surface area (TPSA) is 68.4 Å². The van der Waals surface area contributed by atoms with Gasteiger partial charge in [-0.2, -0.15) is 0 Å². The first-order valence-corrected chi connectivity index (χ1v) is 8.64. The highest BCUT2D eigenvalue weighted by molar-refractivity contribution is 6.06. The van der Waals surface area contributed by atoms with Crippen molar-refractivity contribution in [3.05, 3.63) is 102 Å². The van der Waals surface area contributed by atoms with Crippen molar-refractivity contribution in [2.75, 3.05) is 18.0 Å². The van der Waals surface area contributed by atoms with E-state index in [0.717, 1.165) is 16.8 Å². The summed E-state index contributed by atoms with van der Waals surface area (Å²) in [4.78, 5) is 2.00. The smallest absolute Gasteiger partial charge is 0.106 e. The predicted octanol–water partition coefficient (Wildman–Crippen LogP) is 4.25. The molecule has 0 unspecified atom stereocenters. The summed E-state index contributed by atoms with van der Waals surface area (Å²) >= 11 is 0. The molecule has 5 heteroatoms. The Morgan fingerprint density at radius 3 is 1.33 bits per heavy atom. The summed E-state index contributed by atoms with van der Waals surface area (Å²) in [6.45, 7) is 0.715. The van der Waals surface area contributed by atoms with E-state index in [4.69, 9.17) is 0 Å². The molecule has 0 aromatic heterocycles. The minimum absolute atomic E-state index is 0.358. The lowest BCUT2D eigenvalue weighted by molar-refractivity contribution is 0.318. The second kappa shape index (κ2) is 9.20. The summed E-state index contributed by atoms with van der Waals surface area (Å²) in [6.07, 6.45) is 0. The molecular formula is C22H21N3O2. The Balaban J connectivity index is 1.90. The summed E-state index contributed by atoms with van der Waals surface area (Å²) in [5.41, 5.74) is 3.67. The molecule has 136 valence electrons. The number of nitrogens with zero attached hydrogens (tertiary/aromatic N) is 3. The van der Waals surface area contributed by atoms with Gasteiger partial charge >= 0.3 is 0 Å². The van der Waals surface area contributed by atoms with Gasteiger partial charge in [0.05, 0.1) is 13.1 Å². The zero-order valence-corrected chi connectivity index (χ0v) is 14.8. The van der Waals surface area contributed by atoms with Crippen LogP contribution in [0.2, 0.25) is 0 Å². The number of anilines is 1. The van der Waals surface area contributed by atoms with Gasteiger partial charge in [0.15, 0.2) is 0 Å². The maximum Gasteiger partial charge on any atom is 0.106 e. The van der Waals surface area contributed by atoms with Crippen molar-refractivity contribution in [1.29, 1.82) is 0 Å². The summed E-state index contributed by atoms with van der Waals surface area (Å²) in [5, 5.41) is 26.1. The zero-order chi connectivity index (χ0) is 18.9. The number of oxime groups is 2. The van der Waals surface area contributed by atoms with Crippen LogP contribution in [-0.4, -0.2) is 34.9 Å². The van der Waals surface area contributed by atoms with Gasteiger partial charge in [0, 0.05) is 16.8 Å². The third kappa shape index (κ3) is 4.73. The Bertz CT molecular complexity index is 837. The summed E-state index contributed by atoms with van der Waals surface area (Å²) in [7, 11) is 0. The van der Waals surface area contributed by atoms with Gasteiger partial charge in [0.25, 0.3) is 0 Å². The average Bonchev–Trinajstić information content (AvgIpc) is 2.76. The SMILES string of the molecule is O/N=C(/CN(C/C(=N/O)c1ccccc1)c1ccccc1)c1ccccc1.